The van der Waals surface area contributed by atoms with E-state index in [1.54, 1.807) is 35.2 Å². The lowest BCUT2D eigenvalue weighted by molar-refractivity contribution is -0.141. The van der Waals surface area contributed by atoms with Crippen LogP contribution in [0.15, 0.2) is 72.8 Å². The molecule has 188 valence electrons. The molecule has 3 aromatic rings. The standard InChI is InChI=1S/C29H29Cl2FN2O2/c30-23-13-12-22(26(31)18-23)19-34(28(35)17-21-10-14-24(32)15-11-21)27(16-20-6-2-1-3-7-20)29(36)33-25-8-4-5-9-25/h1-3,6-7,10-15,18,25,27H,4-5,8-9,16-17,19H2,(H,33,36)/t27-/m0/s1. The van der Waals surface area contributed by atoms with E-state index in [9.17, 15) is 14.0 Å². The quantitative estimate of drug-likeness (QED) is 0.352. The highest BCUT2D eigenvalue weighted by Gasteiger charge is 2.32. The maximum atomic E-state index is 13.7. The van der Waals surface area contributed by atoms with E-state index in [1.165, 1.54) is 12.1 Å². The van der Waals surface area contributed by atoms with Crippen molar-refractivity contribution in [2.75, 3.05) is 0 Å². The molecule has 4 rings (SSSR count). The Kier molecular flexibility index (Phi) is 9.00. The van der Waals surface area contributed by atoms with E-state index >= 15 is 0 Å². The normalized spacial score (nSPS) is 14.4. The zero-order valence-electron chi connectivity index (χ0n) is 19.9. The first-order valence-corrected chi connectivity index (χ1v) is 13.0. The summed E-state index contributed by atoms with van der Waals surface area (Å²) in [4.78, 5) is 29.0. The van der Waals surface area contributed by atoms with Crippen molar-refractivity contribution < 1.29 is 14.0 Å². The summed E-state index contributed by atoms with van der Waals surface area (Å²) < 4.78 is 13.4. The highest BCUT2D eigenvalue weighted by Crippen LogP contribution is 2.25. The second-order valence-electron chi connectivity index (χ2n) is 9.26. The van der Waals surface area contributed by atoms with E-state index in [1.807, 2.05) is 30.3 Å². The first-order valence-electron chi connectivity index (χ1n) is 12.2. The molecule has 36 heavy (non-hydrogen) atoms. The van der Waals surface area contributed by atoms with Crippen LogP contribution in [0.3, 0.4) is 0 Å². The molecule has 1 fully saturated rings. The third-order valence-electron chi connectivity index (χ3n) is 6.60. The molecule has 0 spiro atoms. The van der Waals surface area contributed by atoms with Crippen molar-refractivity contribution in [3.8, 4) is 0 Å². The maximum Gasteiger partial charge on any atom is 0.243 e. The Hall–Kier alpha value is -2.89. The second-order valence-corrected chi connectivity index (χ2v) is 10.1. The summed E-state index contributed by atoms with van der Waals surface area (Å²) in [7, 11) is 0. The van der Waals surface area contributed by atoms with Crippen LogP contribution in [0.2, 0.25) is 10.0 Å². The van der Waals surface area contributed by atoms with Gasteiger partial charge >= 0.3 is 0 Å². The lowest BCUT2D eigenvalue weighted by Gasteiger charge is -2.32. The minimum Gasteiger partial charge on any atom is -0.352 e. The molecule has 0 aromatic heterocycles. The highest BCUT2D eigenvalue weighted by atomic mass is 35.5. The lowest BCUT2D eigenvalue weighted by atomic mass is 10.0. The van der Waals surface area contributed by atoms with Gasteiger partial charge in [0.15, 0.2) is 0 Å². The molecule has 4 nitrogen and oxygen atoms in total. The number of benzene rings is 3. The monoisotopic (exact) mass is 526 g/mol. The molecule has 1 aliphatic carbocycles. The Morgan fingerprint density at radius 3 is 2.31 bits per heavy atom. The van der Waals surface area contributed by atoms with Gasteiger partial charge in [0, 0.05) is 29.1 Å². The number of halogens is 3. The summed E-state index contributed by atoms with van der Waals surface area (Å²) in [5, 5.41) is 4.10. The molecule has 0 radical (unpaired) electrons. The number of carbonyl (C=O) groups excluding carboxylic acids is 2. The number of carbonyl (C=O) groups is 2. The van der Waals surface area contributed by atoms with Crippen LogP contribution in [0.25, 0.3) is 0 Å². The van der Waals surface area contributed by atoms with Crippen LogP contribution in [0.5, 0.6) is 0 Å². The molecule has 1 saturated carbocycles. The molecule has 3 aromatic carbocycles. The van der Waals surface area contributed by atoms with E-state index in [-0.39, 0.29) is 36.6 Å². The van der Waals surface area contributed by atoms with Crippen molar-refractivity contribution in [2.45, 2.75) is 57.2 Å². The topological polar surface area (TPSA) is 49.4 Å². The van der Waals surface area contributed by atoms with E-state index in [4.69, 9.17) is 23.2 Å². The van der Waals surface area contributed by atoms with Crippen LogP contribution in [-0.2, 0) is 29.0 Å². The van der Waals surface area contributed by atoms with Crippen molar-refractivity contribution >= 4 is 35.0 Å². The fourth-order valence-corrected chi connectivity index (χ4v) is 5.10. The molecule has 1 atom stereocenters. The molecule has 0 unspecified atom stereocenters. The number of amides is 2. The molecule has 0 saturated heterocycles. The van der Waals surface area contributed by atoms with Crippen molar-refractivity contribution in [1.82, 2.24) is 10.2 Å². The summed E-state index contributed by atoms with van der Waals surface area (Å²) in [6.45, 7) is 0.144. The predicted molar refractivity (Wildman–Crippen MR) is 141 cm³/mol. The highest BCUT2D eigenvalue weighted by molar-refractivity contribution is 6.35. The van der Waals surface area contributed by atoms with Gasteiger partial charge in [-0.05, 0) is 53.8 Å². The number of hydrogen-bond donors (Lipinski definition) is 1. The van der Waals surface area contributed by atoms with Crippen molar-refractivity contribution in [3.63, 3.8) is 0 Å². The summed E-state index contributed by atoms with van der Waals surface area (Å²) in [6, 6.07) is 20.0. The van der Waals surface area contributed by atoms with Gasteiger partial charge in [0.25, 0.3) is 0 Å². The van der Waals surface area contributed by atoms with Gasteiger partial charge < -0.3 is 10.2 Å². The molecule has 7 heteroatoms. The zero-order valence-corrected chi connectivity index (χ0v) is 21.4. The number of nitrogens with one attached hydrogen (secondary N) is 1. The Morgan fingerprint density at radius 2 is 1.64 bits per heavy atom. The fraction of sp³-hybridized carbons (Fsp3) is 0.310. The summed E-state index contributed by atoms with van der Waals surface area (Å²) in [6.07, 6.45) is 4.45. The van der Waals surface area contributed by atoms with Gasteiger partial charge in [-0.3, -0.25) is 9.59 Å². The van der Waals surface area contributed by atoms with Gasteiger partial charge in [0.05, 0.1) is 6.42 Å². The van der Waals surface area contributed by atoms with Crippen LogP contribution in [-0.4, -0.2) is 28.8 Å². The fourth-order valence-electron chi connectivity index (χ4n) is 4.63. The molecular weight excluding hydrogens is 498 g/mol. The van der Waals surface area contributed by atoms with Crippen LogP contribution in [0.1, 0.15) is 42.4 Å². The van der Waals surface area contributed by atoms with Gasteiger partial charge in [0.2, 0.25) is 11.8 Å². The van der Waals surface area contributed by atoms with E-state index < -0.39 is 6.04 Å². The first kappa shape index (κ1) is 26.2. The molecular formula is C29H29Cl2FN2O2. The van der Waals surface area contributed by atoms with E-state index in [0.717, 1.165) is 31.2 Å². The Balaban J connectivity index is 1.67. The first-order chi connectivity index (χ1) is 17.4. The zero-order chi connectivity index (χ0) is 25.5. The van der Waals surface area contributed by atoms with Crippen molar-refractivity contribution in [3.05, 3.63) is 105 Å². The number of rotatable bonds is 9. The summed E-state index contributed by atoms with van der Waals surface area (Å²) >= 11 is 12.6. The van der Waals surface area contributed by atoms with E-state index in [2.05, 4.69) is 5.32 Å². The second kappa shape index (κ2) is 12.4. The Labute approximate surface area is 221 Å². The van der Waals surface area contributed by atoms with Gasteiger partial charge in [0.1, 0.15) is 11.9 Å². The predicted octanol–water partition coefficient (Wildman–Crippen LogP) is 6.37. The minimum absolute atomic E-state index is 0.0352. The third kappa shape index (κ3) is 7.08. The number of hydrogen-bond acceptors (Lipinski definition) is 2. The lowest BCUT2D eigenvalue weighted by Crippen LogP contribution is -2.52. The number of nitrogens with zero attached hydrogens (tertiary/aromatic N) is 1. The third-order valence-corrected chi connectivity index (χ3v) is 7.18. The van der Waals surface area contributed by atoms with Crippen molar-refractivity contribution in [2.24, 2.45) is 0 Å². The van der Waals surface area contributed by atoms with Gasteiger partial charge in [-0.1, -0.05) is 84.6 Å². The van der Waals surface area contributed by atoms with Crippen LogP contribution < -0.4 is 5.32 Å². The maximum absolute atomic E-state index is 13.7. The summed E-state index contributed by atoms with van der Waals surface area (Å²) in [5.74, 6) is -0.785. The molecule has 2 amide bonds. The molecule has 0 aliphatic heterocycles. The van der Waals surface area contributed by atoms with Gasteiger partial charge in [-0.15, -0.1) is 0 Å². The Bertz CT molecular complexity index is 1180. The van der Waals surface area contributed by atoms with E-state index in [0.29, 0.717) is 27.6 Å². The van der Waals surface area contributed by atoms with Gasteiger partial charge in [-0.25, -0.2) is 4.39 Å². The minimum atomic E-state index is -0.743. The molecule has 0 heterocycles. The SMILES string of the molecule is O=C(NC1CCCC1)[C@H](Cc1ccccc1)N(Cc1ccc(Cl)cc1Cl)C(=O)Cc1ccc(F)cc1. The molecule has 0 bridgehead atoms. The smallest absolute Gasteiger partial charge is 0.243 e. The molecule has 1 N–H and O–H groups in total. The average molecular weight is 527 g/mol. The average Bonchev–Trinajstić information content (AvgIpc) is 3.37. The Morgan fingerprint density at radius 1 is 0.944 bits per heavy atom. The summed E-state index contributed by atoms with van der Waals surface area (Å²) in [5.41, 5.74) is 2.31. The van der Waals surface area contributed by atoms with Crippen molar-refractivity contribution in [1.29, 1.82) is 0 Å². The largest absolute Gasteiger partial charge is 0.352 e. The van der Waals surface area contributed by atoms with Crippen LogP contribution in [0, 0.1) is 5.82 Å². The molecule has 1 aliphatic rings. The van der Waals surface area contributed by atoms with Crippen LogP contribution in [0.4, 0.5) is 4.39 Å². The van der Waals surface area contributed by atoms with Gasteiger partial charge in [-0.2, -0.15) is 0 Å². The van der Waals surface area contributed by atoms with Crippen LogP contribution >= 0.6 is 23.2 Å².